The van der Waals surface area contributed by atoms with Gasteiger partial charge >= 0.3 is 0 Å². The number of nitrogens with zero attached hydrogens (tertiary/aromatic N) is 4. The zero-order valence-corrected chi connectivity index (χ0v) is 34.6. The fourth-order valence-corrected chi connectivity index (χ4v) is 7.88. The Morgan fingerprint density at radius 2 is 1.14 bits per heavy atom. The summed E-state index contributed by atoms with van der Waals surface area (Å²) in [4.78, 5) is 33.1. The first-order valence-electron chi connectivity index (χ1n) is 17.9. The predicted octanol–water partition coefficient (Wildman–Crippen LogP) is 3.67. The summed E-state index contributed by atoms with van der Waals surface area (Å²) in [6, 6.07) is 20.5. The maximum absolute atomic E-state index is 12.7. The summed E-state index contributed by atoms with van der Waals surface area (Å²) >= 11 is 5.69. The monoisotopic (exact) mass is 844 g/mol. The van der Waals surface area contributed by atoms with Gasteiger partial charge in [0.05, 0.1) is 37.9 Å². The largest absolute Gasteiger partial charge is 0.497 e. The van der Waals surface area contributed by atoms with Gasteiger partial charge in [0.15, 0.2) is 11.6 Å². The van der Waals surface area contributed by atoms with Crippen LogP contribution < -0.4 is 32.0 Å². The van der Waals surface area contributed by atoms with Gasteiger partial charge in [-0.3, -0.25) is 9.59 Å². The van der Waals surface area contributed by atoms with E-state index in [1.54, 1.807) is 80.9 Å². The average Bonchev–Trinajstić information content (AvgIpc) is 3.18. The summed E-state index contributed by atoms with van der Waals surface area (Å²) in [6.07, 6.45) is 5.39. The first kappa shape index (κ1) is 44.9. The lowest BCUT2D eigenvalue weighted by Crippen LogP contribution is -2.42. The first-order chi connectivity index (χ1) is 26.9. The molecule has 308 valence electrons. The molecule has 4 heterocycles. The molecule has 2 aliphatic heterocycles. The molecule has 57 heavy (non-hydrogen) atoms. The van der Waals surface area contributed by atoms with Crippen molar-refractivity contribution in [2.45, 2.75) is 37.8 Å². The third-order valence-electron chi connectivity index (χ3n) is 9.21. The number of anilines is 3. The summed E-state index contributed by atoms with van der Waals surface area (Å²) in [6.45, 7) is 2.11. The van der Waals surface area contributed by atoms with E-state index in [1.165, 1.54) is 27.2 Å². The lowest BCUT2D eigenvalue weighted by molar-refractivity contribution is 0.103. The number of sulfonamides is 2. The number of ketones is 2. The smallest absolute Gasteiger partial charge is 0.211 e. The molecule has 0 amide bonds. The van der Waals surface area contributed by atoms with Crippen LogP contribution >= 0.6 is 11.6 Å². The number of nitrogens with one attached hydrogen (secondary N) is 1. The lowest BCUT2D eigenvalue weighted by Gasteiger charge is -2.31. The minimum absolute atomic E-state index is 0.102. The van der Waals surface area contributed by atoms with Crippen LogP contribution in [0.4, 0.5) is 17.5 Å². The van der Waals surface area contributed by atoms with Gasteiger partial charge in [-0.1, -0.05) is 35.9 Å². The molecule has 19 heteroatoms. The van der Waals surface area contributed by atoms with Crippen LogP contribution in [0.25, 0.3) is 0 Å². The zero-order valence-electron chi connectivity index (χ0n) is 32.2. The van der Waals surface area contributed by atoms with Crippen LogP contribution in [0.1, 0.15) is 57.5 Å². The van der Waals surface area contributed by atoms with E-state index in [4.69, 9.17) is 38.3 Å². The molecule has 2 aromatic heterocycles. The minimum Gasteiger partial charge on any atom is -0.497 e. The molecule has 2 fully saturated rings. The topological polar surface area (TPSA) is 243 Å². The second-order valence-electron chi connectivity index (χ2n) is 13.4. The van der Waals surface area contributed by atoms with Gasteiger partial charge in [-0.05, 0) is 74.2 Å². The number of nitrogens with two attached hydrogens (primary N) is 3. The van der Waals surface area contributed by atoms with E-state index in [9.17, 15) is 26.4 Å². The van der Waals surface area contributed by atoms with Crippen molar-refractivity contribution in [2.75, 3.05) is 69.7 Å². The Balaban J connectivity index is 0.000000211. The zero-order chi connectivity index (χ0) is 41.9. The van der Waals surface area contributed by atoms with Crippen molar-refractivity contribution in [3.05, 3.63) is 100 Å². The standard InChI is InChI=1S/C19H24N4O4S.C13H11ClN2O2.C6H14N2O2S/c1-27-15-5-3-4-13(12-15)18(24)16-6-7-17(22-19(16)20)21-14-8-10-23(11-9-14)28(2,25)26;1-18-9-4-2-3-8(7-9)12(17)10-5-6-11(14)16-13(10)15;1-11(9,10)8-4-2-6(7)3-5-8/h3-7,12,14H,8-11H2,1-2H3,(H3,20,21,22);2-7H,1H3,(H2,15,16);6H,2-5,7H2,1H3. The van der Waals surface area contributed by atoms with Gasteiger partial charge in [0.25, 0.3) is 0 Å². The van der Waals surface area contributed by atoms with Crippen LogP contribution in [0.5, 0.6) is 11.5 Å². The van der Waals surface area contributed by atoms with Gasteiger partial charge in [-0.15, -0.1) is 0 Å². The maximum Gasteiger partial charge on any atom is 0.211 e. The van der Waals surface area contributed by atoms with Crippen LogP contribution in [-0.4, -0.2) is 112 Å². The van der Waals surface area contributed by atoms with E-state index in [2.05, 4.69) is 15.3 Å². The van der Waals surface area contributed by atoms with Crippen molar-refractivity contribution in [1.82, 2.24) is 18.6 Å². The van der Waals surface area contributed by atoms with Crippen molar-refractivity contribution in [2.24, 2.45) is 5.73 Å². The summed E-state index contributed by atoms with van der Waals surface area (Å²) < 4.78 is 58.3. The Morgan fingerprint density at radius 3 is 1.56 bits per heavy atom. The number of benzene rings is 2. The van der Waals surface area contributed by atoms with Crippen molar-refractivity contribution in [3.8, 4) is 11.5 Å². The fraction of sp³-hybridized carbons (Fsp3) is 0.368. The van der Waals surface area contributed by atoms with E-state index in [0.717, 1.165) is 12.8 Å². The van der Waals surface area contributed by atoms with Gasteiger partial charge in [-0.25, -0.2) is 35.4 Å². The number of rotatable bonds is 10. The van der Waals surface area contributed by atoms with Crippen molar-refractivity contribution in [3.63, 3.8) is 0 Å². The average molecular weight is 845 g/mol. The molecule has 0 aliphatic carbocycles. The summed E-state index contributed by atoms with van der Waals surface area (Å²) in [5.41, 5.74) is 18.9. The molecule has 0 bridgehead atoms. The molecule has 2 aliphatic rings. The Morgan fingerprint density at radius 1 is 0.702 bits per heavy atom. The Hall–Kier alpha value is -4.85. The fourth-order valence-electron chi connectivity index (χ4n) is 5.98. The highest BCUT2D eigenvalue weighted by Crippen LogP contribution is 2.23. The molecule has 0 radical (unpaired) electrons. The van der Waals surface area contributed by atoms with Crippen LogP contribution in [0.2, 0.25) is 5.15 Å². The van der Waals surface area contributed by atoms with Gasteiger partial charge in [0.2, 0.25) is 20.0 Å². The number of nitrogen functional groups attached to an aromatic ring is 2. The number of carbonyl (C=O) groups is 2. The number of ether oxygens (including phenoxy) is 2. The summed E-state index contributed by atoms with van der Waals surface area (Å²) in [7, 11) is -3.04. The van der Waals surface area contributed by atoms with E-state index < -0.39 is 20.0 Å². The minimum atomic E-state index is -3.15. The normalized spacial score (nSPS) is 15.6. The molecule has 0 atom stereocenters. The number of hydrogen-bond acceptors (Lipinski definition) is 14. The van der Waals surface area contributed by atoms with Gasteiger partial charge in [0, 0.05) is 49.4 Å². The Bertz CT molecular complexity index is 2250. The second-order valence-corrected chi connectivity index (χ2v) is 17.8. The third kappa shape index (κ3) is 13.1. The highest BCUT2D eigenvalue weighted by Gasteiger charge is 2.26. The number of carbonyl (C=O) groups excluding carboxylic acids is 2. The van der Waals surface area contributed by atoms with E-state index in [-0.39, 0.29) is 40.4 Å². The van der Waals surface area contributed by atoms with Crippen LogP contribution in [-0.2, 0) is 20.0 Å². The number of pyridine rings is 2. The molecule has 2 aromatic carbocycles. The highest BCUT2D eigenvalue weighted by atomic mass is 35.5. The highest BCUT2D eigenvalue weighted by molar-refractivity contribution is 7.88. The first-order valence-corrected chi connectivity index (χ1v) is 22.0. The number of halogens is 1. The number of piperidine rings is 2. The molecular weight excluding hydrogens is 796 g/mol. The van der Waals surface area contributed by atoms with Crippen LogP contribution in [0.3, 0.4) is 0 Å². The SMILES string of the molecule is COc1cccc(C(=O)c2ccc(Cl)nc2N)c1.COc1cccc(C(=O)c2ccc(NC3CCN(S(C)(=O)=O)CC3)nc2N)c1.CS(=O)(=O)N1CCC(N)CC1. The molecular formula is C38H49ClN8O8S2. The van der Waals surface area contributed by atoms with Gasteiger partial charge < -0.3 is 32.0 Å². The number of methoxy groups -OCH3 is 2. The van der Waals surface area contributed by atoms with Crippen molar-refractivity contribution >= 4 is 60.7 Å². The number of aromatic nitrogens is 2. The third-order valence-corrected chi connectivity index (χ3v) is 12.0. The number of hydrogen-bond donors (Lipinski definition) is 4. The van der Waals surface area contributed by atoms with Gasteiger partial charge in [0.1, 0.15) is 34.1 Å². The molecule has 0 saturated carbocycles. The quantitative estimate of drug-likeness (QED) is 0.132. The Labute approximate surface area is 338 Å². The Kier molecular flexibility index (Phi) is 15.8. The maximum atomic E-state index is 12.7. The summed E-state index contributed by atoms with van der Waals surface area (Å²) in [5, 5.41) is 3.53. The van der Waals surface area contributed by atoms with E-state index in [0.29, 0.717) is 78.6 Å². The van der Waals surface area contributed by atoms with E-state index >= 15 is 0 Å². The predicted molar refractivity (Wildman–Crippen MR) is 222 cm³/mol. The van der Waals surface area contributed by atoms with Crippen molar-refractivity contribution < 1.29 is 35.9 Å². The molecule has 7 N–H and O–H groups in total. The molecule has 0 spiro atoms. The van der Waals surface area contributed by atoms with Crippen molar-refractivity contribution in [1.29, 1.82) is 0 Å². The molecule has 4 aromatic rings. The molecule has 0 unspecified atom stereocenters. The molecule has 16 nitrogen and oxygen atoms in total. The van der Waals surface area contributed by atoms with Crippen LogP contribution in [0, 0.1) is 0 Å². The van der Waals surface area contributed by atoms with Gasteiger partial charge in [-0.2, -0.15) is 0 Å². The molecule has 6 rings (SSSR count). The molecule has 2 saturated heterocycles. The van der Waals surface area contributed by atoms with Crippen LogP contribution in [0.15, 0.2) is 72.8 Å². The second kappa shape index (κ2) is 20.0. The summed E-state index contributed by atoms with van der Waals surface area (Å²) in [5.74, 6) is 1.60. The van der Waals surface area contributed by atoms with E-state index in [1.807, 2.05) is 0 Å². The lowest BCUT2D eigenvalue weighted by atomic mass is 10.0.